The maximum absolute atomic E-state index is 12.4. The number of carbonyl (C=O) groups is 2. The Morgan fingerprint density at radius 3 is 2.44 bits per heavy atom. The molecule has 2 aliphatic rings. The molecule has 2 amide bonds. The first-order valence-electron chi connectivity index (χ1n) is 9.52. The lowest BCUT2D eigenvalue weighted by molar-refractivity contribution is -0.147. The van der Waals surface area contributed by atoms with Gasteiger partial charge in [-0.15, -0.1) is 0 Å². The minimum absolute atomic E-state index is 0.152. The minimum Gasteiger partial charge on any atom is -0.341 e. The first-order valence-corrected chi connectivity index (χ1v) is 9.52. The fourth-order valence-electron chi connectivity index (χ4n) is 3.78. The van der Waals surface area contributed by atoms with Gasteiger partial charge in [0.2, 0.25) is 0 Å². The lowest BCUT2D eigenvalue weighted by atomic mass is 9.89. The molecule has 1 aromatic rings. The molecule has 1 fully saturated rings. The first-order chi connectivity index (χ1) is 12.1. The van der Waals surface area contributed by atoms with Crippen molar-refractivity contribution in [2.45, 2.75) is 45.6 Å². The average molecular weight is 343 g/mol. The maximum atomic E-state index is 12.4. The van der Waals surface area contributed by atoms with Gasteiger partial charge in [0.1, 0.15) is 0 Å². The third kappa shape index (κ3) is 4.21. The van der Waals surface area contributed by atoms with Crippen LogP contribution < -0.4 is 5.32 Å². The minimum atomic E-state index is -0.491. The Hall–Kier alpha value is -1.88. The van der Waals surface area contributed by atoms with Gasteiger partial charge in [-0.3, -0.25) is 9.59 Å². The number of aryl methyl sites for hydroxylation is 2. The highest BCUT2D eigenvalue weighted by atomic mass is 16.2. The second kappa shape index (κ2) is 8.00. The molecule has 0 aromatic heterocycles. The first kappa shape index (κ1) is 17.9. The van der Waals surface area contributed by atoms with E-state index in [9.17, 15) is 9.59 Å². The van der Waals surface area contributed by atoms with Gasteiger partial charge < -0.3 is 15.1 Å². The van der Waals surface area contributed by atoms with E-state index in [0.717, 1.165) is 38.0 Å². The molecule has 0 bridgehead atoms. The van der Waals surface area contributed by atoms with Gasteiger partial charge in [0.25, 0.3) is 0 Å². The van der Waals surface area contributed by atoms with Gasteiger partial charge in [0.15, 0.2) is 0 Å². The highest BCUT2D eigenvalue weighted by Crippen LogP contribution is 2.24. The summed E-state index contributed by atoms with van der Waals surface area (Å²) in [7, 11) is 0. The fraction of sp³-hybridized carbons (Fsp3) is 0.600. The van der Waals surface area contributed by atoms with E-state index >= 15 is 0 Å². The Kier molecular flexibility index (Phi) is 5.74. The van der Waals surface area contributed by atoms with Crippen molar-refractivity contribution < 1.29 is 9.59 Å². The number of hydrogen-bond acceptors (Lipinski definition) is 3. The van der Waals surface area contributed by atoms with E-state index in [-0.39, 0.29) is 6.04 Å². The van der Waals surface area contributed by atoms with Crippen molar-refractivity contribution in [3.63, 3.8) is 0 Å². The van der Waals surface area contributed by atoms with Crippen LogP contribution in [0.15, 0.2) is 18.2 Å². The molecule has 25 heavy (non-hydrogen) atoms. The van der Waals surface area contributed by atoms with E-state index in [0.29, 0.717) is 13.1 Å². The summed E-state index contributed by atoms with van der Waals surface area (Å²) >= 11 is 0. The number of piperazine rings is 1. The van der Waals surface area contributed by atoms with Crippen LogP contribution >= 0.6 is 0 Å². The molecule has 136 valence electrons. The molecular formula is C20H29N3O2. The van der Waals surface area contributed by atoms with E-state index in [2.05, 4.69) is 35.3 Å². The number of nitrogens with one attached hydrogen (secondary N) is 1. The standard InChI is InChI=1S/C20H29N3O2/c1-3-22-10-12-23(13-11-22)20(25)19(24)21-15(2)17-9-8-16-6-4-5-7-18(16)14-17/h8-9,14-15H,3-7,10-13H2,1-2H3,(H,21,24). The van der Waals surface area contributed by atoms with Crippen molar-refractivity contribution in [2.75, 3.05) is 32.7 Å². The molecule has 1 heterocycles. The molecule has 0 radical (unpaired) electrons. The average Bonchev–Trinajstić information content (AvgIpc) is 2.67. The number of nitrogens with zero attached hydrogens (tertiary/aromatic N) is 2. The molecule has 1 unspecified atom stereocenters. The molecule has 1 saturated heterocycles. The highest BCUT2D eigenvalue weighted by Gasteiger charge is 2.26. The summed E-state index contributed by atoms with van der Waals surface area (Å²) in [6.45, 7) is 8.01. The van der Waals surface area contributed by atoms with Gasteiger partial charge in [-0.05, 0) is 55.8 Å². The molecule has 5 nitrogen and oxygen atoms in total. The second-order valence-corrected chi connectivity index (χ2v) is 7.16. The van der Waals surface area contributed by atoms with Gasteiger partial charge in [-0.2, -0.15) is 0 Å². The smallest absolute Gasteiger partial charge is 0.311 e. The normalized spacial score (nSPS) is 19.2. The molecule has 0 spiro atoms. The van der Waals surface area contributed by atoms with Crippen LogP contribution in [-0.2, 0) is 22.4 Å². The molecular weight excluding hydrogens is 314 g/mol. The Bertz CT molecular complexity index is 636. The molecule has 3 rings (SSSR count). The van der Waals surface area contributed by atoms with Gasteiger partial charge >= 0.3 is 11.8 Å². The number of fused-ring (bicyclic) bond motifs is 1. The molecule has 5 heteroatoms. The SMILES string of the molecule is CCN1CCN(C(=O)C(=O)NC(C)c2ccc3c(c2)CCCC3)CC1. The zero-order valence-electron chi connectivity index (χ0n) is 15.4. The van der Waals surface area contributed by atoms with Crippen LogP contribution in [0, 0.1) is 0 Å². The topological polar surface area (TPSA) is 52.7 Å². The van der Waals surface area contributed by atoms with Crippen LogP contribution in [0.1, 0.15) is 49.4 Å². The highest BCUT2D eigenvalue weighted by molar-refractivity contribution is 6.35. The number of benzene rings is 1. The summed E-state index contributed by atoms with van der Waals surface area (Å²) in [6, 6.07) is 6.31. The van der Waals surface area contributed by atoms with Crippen molar-refractivity contribution in [1.29, 1.82) is 0 Å². The van der Waals surface area contributed by atoms with Crippen LogP contribution in [0.4, 0.5) is 0 Å². The number of hydrogen-bond donors (Lipinski definition) is 1. The molecule has 1 atom stereocenters. The molecule has 1 aliphatic heterocycles. The lowest BCUT2D eigenvalue weighted by Gasteiger charge is -2.33. The third-order valence-corrected chi connectivity index (χ3v) is 5.52. The summed E-state index contributed by atoms with van der Waals surface area (Å²) in [6.07, 6.45) is 4.76. The summed E-state index contributed by atoms with van der Waals surface area (Å²) in [5.41, 5.74) is 3.91. The number of carbonyl (C=O) groups excluding carboxylic acids is 2. The van der Waals surface area contributed by atoms with Gasteiger partial charge in [0, 0.05) is 26.2 Å². The zero-order valence-corrected chi connectivity index (χ0v) is 15.4. The van der Waals surface area contributed by atoms with Crippen molar-refractivity contribution in [1.82, 2.24) is 15.1 Å². The quantitative estimate of drug-likeness (QED) is 0.853. The number of amides is 2. The molecule has 0 saturated carbocycles. The second-order valence-electron chi connectivity index (χ2n) is 7.16. The van der Waals surface area contributed by atoms with Crippen LogP contribution in [0.5, 0.6) is 0 Å². The van der Waals surface area contributed by atoms with Crippen molar-refractivity contribution in [2.24, 2.45) is 0 Å². The Morgan fingerprint density at radius 2 is 1.76 bits per heavy atom. The van der Waals surface area contributed by atoms with Gasteiger partial charge in [-0.1, -0.05) is 25.1 Å². The van der Waals surface area contributed by atoms with E-state index < -0.39 is 11.8 Å². The monoisotopic (exact) mass is 343 g/mol. The third-order valence-electron chi connectivity index (χ3n) is 5.52. The predicted octanol–water partition coefficient (Wildman–Crippen LogP) is 1.91. The van der Waals surface area contributed by atoms with Crippen LogP contribution in [-0.4, -0.2) is 54.3 Å². The largest absolute Gasteiger partial charge is 0.341 e. The van der Waals surface area contributed by atoms with Crippen LogP contribution in [0.3, 0.4) is 0 Å². The number of likely N-dealkylation sites (N-methyl/N-ethyl adjacent to an activating group) is 1. The summed E-state index contributed by atoms with van der Waals surface area (Å²) in [5.74, 6) is -0.893. The fourth-order valence-corrected chi connectivity index (χ4v) is 3.78. The predicted molar refractivity (Wildman–Crippen MR) is 98.3 cm³/mol. The molecule has 1 N–H and O–H groups in total. The summed E-state index contributed by atoms with van der Waals surface area (Å²) in [4.78, 5) is 28.7. The van der Waals surface area contributed by atoms with Gasteiger partial charge in [-0.25, -0.2) is 0 Å². The molecule has 1 aromatic carbocycles. The Morgan fingerprint density at radius 1 is 1.08 bits per heavy atom. The summed E-state index contributed by atoms with van der Waals surface area (Å²) < 4.78 is 0. The zero-order chi connectivity index (χ0) is 17.8. The van der Waals surface area contributed by atoms with Crippen molar-refractivity contribution in [3.05, 3.63) is 34.9 Å². The molecule has 1 aliphatic carbocycles. The van der Waals surface area contributed by atoms with E-state index in [4.69, 9.17) is 0 Å². The van der Waals surface area contributed by atoms with E-state index in [1.54, 1.807) is 4.90 Å². The van der Waals surface area contributed by atoms with Crippen LogP contribution in [0.25, 0.3) is 0 Å². The van der Waals surface area contributed by atoms with Gasteiger partial charge in [0.05, 0.1) is 6.04 Å². The van der Waals surface area contributed by atoms with Crippen molar-refractivity contribution in [3.8, 4) is 0 Å². The Labute approximate surface area is 150 Å². The number of rotatable bonds is 3. The maximum Gasteiger partial charge on any atom is 0.311 e. The van der Waals surface area contributed by atoms with Crippen molar-refractivity contribution >= 4 is 11.8 Å². The lowest BCUT2D eigenvalue weighted by Crippen LogP contribution is -2.52. The van der Waals surface area contributed by atoms with Crippen LogP contribution in [0.2, 0.25) is 0 Å². The van der Waals surface area contributed by atoms with E-state index in [1.165, 1.54) is 24.0 Å². The van der Waals surface area contributed by atoms with E-state index in [1.807, 2.05) is 6.92 Å². The Balaban J connectivity index is 1.58. The summed E-state index contributed by atoms with van der Waals surface area (Å²) in [5, 5.41) is 2.88.